The molecule has 0 spiro atoms. The summed E-state index contributed by atoms with van der Waals surface area (Å²) in [6.07, 6.45) is 17.0. The van der Waals surface area contributed by atoms with E-state index in [-0.39, 0.29) is 43.2 Å². The number of nitrogens with zero attached hydrogens (tertiary/aromatic N) is 1. The number of rotatable bonds is 22. The van der Waals surface area contributed by atoms with Gasteiger partial charge in [-0.25, -0.2) is 0 Å². The van der Waals surface area contributed by atoms with Gasteiger partial charge in [0.1, 0.15) is 12.6 Å². The van der Waals surface area contributed by atoms with Crippen LogP contribution in [0.3, 0.4) is 0 Å². The fourth-order valence-electron chi connectivity index (χ4n) is 5.60. The van der Waals surface area contributed by atoms with Crippen molar-refractivity contribution in [3.63, 3.8) is 0 Å². The Labute approximate surface area is 255 Å². The molecule has 0 saturated carbocycles. The first kappa shape index (κ1) is 34.2. The Morgan fingerprint density at radius 1 is 0.860 bits per heavy atom. The SMILES string of the molecule is CCCCCCCCCCCCCCCC(=O)OCCOCCNc1cccc2c1C(=O)N(C1CCC(=O)NC1=O)C2=O. The van der Waals surface area contributed by atoms with Crippen molar-refractivity contribution in [1.29, 1.82) is 0 Å². The molecule has 2 aliphatic rings. The second-order valence-electron chi connectivity index (χ2n) is 11.4. The summed E-state index contributed by atoms with van der Waals surface area (Å²) in [4.78, 5) is 62.7. The van der Waals surface area contributed by atoms with Crippen molar-refractivity contribution in [2.75, 3.05) is 31.7 Å². The highest BCUT2D eigenvalue weighted by molar-refractivity contribution is 6.25. The zero-order valence-corrected chi connectivity index (χ0v) is 25.8. The van der Waals surface area contributed by atoms with Crippen LogP contribution in [0.25, 0.3) is 0 Å². The number of fused-ring (bicyclic) bond motifs is 1. The highest BCUT2D eigenvalue weighted by Crippen LogP contribution is 2.32. The van der Waals surface area contributed by atoms with E-state index < -0.39 is 29.7 Å². The molecule has 0 aliphatic carbocycles. The van der Waals surface area contributed by atoms with Crippen molar-refractivity contribution in [2.45, 2.75) is 116 Å². The van der Waals surface area contributed by atoms with E-state index in [1.54, 1.807) is 18.2 Å². The largest absolute Gasteiger partial charge is 0.463 e. The van der Waals surface area contributed by atoms with Crippen molar-refractivity contribution >= 4 is 35.3 Å². The molecule has 1 aromatic rings. The van der Waals surface area contributed by atoms with Crippen LogP contribution in [0.5, 0.6) is 0 Å². The number of imide groups is 2. The molecule has 0 radical (unpaired) electrons. The molecular weight excluding hydrogens is 550 g/mol. The predicted molar refractivity (Wildman–Crippen MR) is 164 cm³/mol. The molecule has 4 amide bonds. The lowest BCUT2D eigenvalue weighted by Crippen LogP contribution is -2.54. The van der Waals surface area contributed by atoms with E-state index in [1.165, 1.54) is 70.6 Å². The number of benzene rings is 1. The summed E-state index contributed by atoms with van der Waals surface area (Å²) in [6.45, 7) is 3.37. The Kier molecular flexibility index (Phi) is 15.2. The molecule has 10 heteroatoms. The molecule has 238 valence electrons. The number of hydrogen-bond donors (Lipinski definition) is 2. The quantitative estimate of drug-likeness (QED) is 0.101. The van der Waals surface area contributed by atoms with Crippen molar-refractivity contribution in [2.24, 2.45) is 0 Å². The summed E-state index contributed by atoms with van der Waals surface area (Å²) < 4.78 is 10.8. The lowest BCUT2D eigenvalue weighted by Gasteiger charge is -2.27. The molecule has 43 heavy (non-hydrogen) atoms. The second kappa shape index (κ2) is 19.1. The van der Waals surface area contributed by atoms with Crippen molar-refractivity contribution in [3.8, 4) is 0 Å². The topological polar surface area (TPSA) is 131 Å². The van der Waals surface area contributed by atoms with E-state index in [1.807, 2.05) is 0 Å². The first-order valence-corrected chi connectivity index (χ1v) is 16.3. The molecule has 1 aromatic carbocycles. The van der Waals surface area contributed by atoms with Crippen LogP contribution in [0.1, 0.15) is 130 Å². The number of hydrogen-bond acceptors (Lipinski definition) is 8. The maximum Gasteiger partial charge on any atom is 0.305 e. The van der Waals surface area contributed by atoms with Crippen LogP contribution in [-0.2, 0) is 23.9 Å². The molecule has 1 fully saturated rings. The number of esters is 1. The van der Waals surface area contributed by atoms with Crippen LogP contribution in [0.2, 0.25) is 0 Å². The van der Waals surface area contributed by atoms with E-state index in [9.17, 15) is 24.0 Å². The number of anilines is 1. The molecule has 1 unspecified atom stereocenters. The molecule has 3 rings (SSSR count). The monoisotopic (exact) mass is 599 g/mol. The minimum absolute atomic E-state index is 0.0704. The maximum atomic E-state index is 13.1. The number of carbonyl (C=O) groups is 5. The molecule has 0 bridgehead atoms. The van der Waals surface area contributed by atoms with Gasteiger partial charge in [-0.05, 0) is 25.0 Å². The van der Waals surface area contributed by atoms with Crippen LogP contribution >= 0.6 is 0 Å². The zero-order valence-electron chi connectivity index (χ0n) is 25.8. The smallest absolute Gasteiger partial charge is 0.305 e. The summed E-state index contributed by atoms with van der Waals surface area (Å²) in [6, 6.07) is 3.90. The van der Waals surface area contributed by atoms with Gasteiger partial charge in [-0.3, -0.25) is 34.2 Å². The first-order valence-electron chi connectivity index (χ1n) is 16.3. The van der Waals surface area contributed by atoms with Crippen LogP contribution in [0.15, 0.2) is 18.2 Å². The minimum Gasteiger partial charge on any atom is -0.463 e. The molecule has 0 aromatic heterocycles. The average molecular weight is 600 g/mol. The molecule has 2 heterocycles. The zero-order chi connectivity index (χ0) is 30.9. The fourth-order valence-corrected chi connectivity index (χ4v) is 5.60. The van der Waals surface area contributed by atoms with Crippen LogP contribution in [-0.4, -0.2) is 66.9 Å². The Morgan fingerprint density at radius 2 is 1.51 bits per heavy atom. The van der Waals surface area contributed by atoms with Crippen molar-refractivity contribution in [1.82, 2.24) is 10.2 Å². The van der Waals surface area contributed by atoms with E-state index >= 15 is 0 Å². The fraction of sp³-hybridized carbons (Fsp3) is 0.667. The number of nitrogens with one attached hydrogen (secondary N) is 2. The van der Waals surface area contributed by atoms with Gasteiger partial charge in [0.05, 0.1) is 24.3 Å². The minimum atomic E-state index is -1.01. The van der Waals surface area contributed by atoms with E-state index in [4.69, 9.17) is 9.47 Å². The van der Waals surface area contributed by atoms with Crippen LogP contribution < -0.4 is 10.6 Å². The van der Waals surface area contributed by atoms with Gasteiger partial charge in [0, 0.05) is 25.1 Å². The third-order valence-corrected chi connectivity index (χ3v) is 8.01. The molecular formula is C33H49N3O7. The van der Waals surface area contributed by atoms with Gasteiger partial charge in [0.15, 0.2) is 0 Å². The lowest BCUT2D eigenvalue weighted by molar-refractivity contribution is -0.145. The highest BCUT2D eigenvalue weighted by Gasteiger charge is 2.45. The summed E-state index contributed by atoms with van der Waals surface area (Å²) in [5.41, 5.74) is 0.897. The third kappa shape index (κ3) is 11.1. The van der Waals surface area contributed by atoms with Crippen LogP contribution in [0, 0.1) is 0 Å². The average Bonchev–Trinajstić information content (AvgIpc) is 3.24. The molecule has 1 atom stereocenters. The lowest BCUT2D eigenvalue weighted by atomic mass is 10.0. The summed E-state index contributed by atoms with van der Waals surface area (Å²) in [5, 5.41) is 5.31. The molecule has 1 saturated heterocycles. The Balaban J connectivity index is 1.21. The Morgan fingerprint density at radius 3 is 2.16 bits per heavy atom. The molecule has 2 aliphatic heterocycles. The van der Waals surface area contributed by atoms with Gasteiger partial charge in [-0.1, -0.05) is 90.0 Å². The van der Waals surface area contributed by atoms with E-state index in [0.717, 1.165) is 17.7 Å². The number of carbonyl (C=O) groups excluding carboxylic acids is 5. The van der Waals surface area contributed by atoms with Crippen LogP contribution in [0.4, 0.5) is 5.69 Å². The Hall–Kier alpha value is -3.27. The Bertz CT molecular complexity index is 1090. The van der Waals surface area contributed by atoms with Gasteiger partial charge in [-0.15, -0.1) is 0 Å². The first-order chi connectivity index (χ1) is 20.9. The number of amides is 4. The standard InChI is InChI=1S/C33H49N3O7/c1-2-3-4-5-6-7-8-9-10-11-12-13-14-18-29(38)43-24-23-42-22-21-34-26-17-15-16-25-30(26)33(41)36(32(25)40)27-19-20-28(37)35-31(27)39/h15-17,27,34H,2-14,18-24H2,1H3,(H,35,37,39). The van der Waals surface area contributed by atoms with Gasteiger partial charge in [0.2, 0.25) is 11.8 Å². The van der Waals surface area contributed by atoms with Crippen molar-refractivity contribution in [3.05, 3.63) is 29.3 Å². The normalized spacial score (nSPS) is 16.4. The number of piperidine rings is 1. The molecule has 10 nitrogen and oxygen atoms in total. The van der Waals surface area contributed by atoms with Gasteiger partial charge < -0.3 is 14.8 Å². The number of unbranched alkanes of at least 4 members (excludes halogenated alkanes) is 12. The highest BCUT2D eigenvalue weighted by atomic mass is 16.6. The summed E-state index contributed by atoms with van der Waals surface area (Å²) in [7, 11) is 0. The predicted octanol–water partition coefficient (Wildman–Crippen LogP) is 5.54. The molecule has 2 N–H and O–H groups in total. The summed E-state index contributed by atoms with van der Waals surface area (Å²) >= 11 is 0. The van der Waals surface area contributed by atoms with E-state index in [2.05, 4.69) is 17.6 Å². The number of ether oxygens (including phenoxy) is 2. The van der Waals surface area contributed by atoms with E-state index in [0.29, 0.717) is 25.3 Å². The van der Waals surface area contributed by atoms with Gasteiger partial charge in [0.25, 0.3) is 11.8 Å². The van der Waals surface area contributed by atoms with Gasteiger partial charge >= 0.3 is 5.97 Å². The summed E-state index contributed by atoms with van der Waals surface area (Å²) in [5.74, 6) is -2.36. The maximum absolute atomic E-state index is 13.1. The van der Waals surface area contributed by atoms with Gasteiger partial charge in [-0.2, -0.15) is 0 Å². The third-order valence-electron chi connectivity index (χ3n) is 8.01. The second-order valence-corrected chi connectivity index (χ2v) is 11.4. The van der Waals surface area contributed by atoms with Crippen molar-refractivity contribution < 1.29 is 33.4 Å².